The van der Waals surface area contributed by atoms with Gasteiger partial charge >= 0.3 is 0 Å². The topological polar surface area (TPSA) is 64.4 Å². The van der Waals surface area contributed by atoms with Crippen molar-refractivity contribution in [2.45, 2.75) is 13.8 Å². The van der Waals surface area contributed by atoms with E-state index in [1.54, 1.807) is 19.1 Å². The van der Waals surface area contributed by atoms with Crippen molar-refractivity contribution in [1.29, 1.82) is 0 Å². The second-order valence-corrected chi connectivity index (χ2v) is 5.20. The monoisotopic (exact) mass is 322 g/mol. The van der Waals surface area contributed by atoms with Gasteiger partial charge in [-0.05, 0) is 50.2 Å². The molecule has 0 unspecified atom stereocenters. The van der Waals surface area contributed by atoms with Gasteiger partial charge in [0.2, 0.25) is 5.89 Å². The molecular weight excluding hydrogens is 304 g/mol. The van der Waals surface area contributed by atoms with Crippen molar-refractivity contribution in [3.05, 3.63) is 66.1 Å². The lowest BCUT2D eigenvalue weighted by Crippen LogP contribution is -2.13. The molecule has 1 N–H and O–H groups in total. The maximum absolute atomic E-state index is 12.4. The molecule has 0 spiro atoms. The summed E-state index contributed by atoms with van der Waals surface area (Å²) in [5.74, 6) is 1.38. The van der Waals surface area contributed by atoms with Crippen LogP contribution in [0.1, 0.15) is 23.2 Å². The normalized spacial score (nSPS) is 10.4. The number of hydrogen-bond acceptors (Lipinski definition) is 4. The first-order valence-electron chi connectivity index (χ1n) is 7.74. The number of ether oxygens (including phenoxy) is 1. The second kappa shape index (κ2) is 7.00. The quantitative estimate of drug-likeness (QED) is 0.760. The highest BCUT2D eigenvalue weighted by atomic mass is 16.5. The maximum atomic E-state index is 12.4. The number of aryl methyl sites for hydroxylation is 1. The predicted octanol–water partition coefficient (Wildman–Crippen LogP) is 4.30. The zero-order valence-electron chi connectivity index (χ0n) is 13.6. The molecule has 1 heterocycles. The van der Waals surface area contributed by atoms with Crippen molar-refractivity contribution in [3.8, 4) is 17.2 Å². The molecular formula is C19H18N2O3. The molecule has 0 aliphatic heterocycles. The summed E-state index contributed by atoms with van der Waals surface area (Å²) in [4.78, 5) is 16.7. The Morgan fingerprint density at radius 1 is 1.12 bits per heavy atom. The van der Waals surface area contributed by atoms with Gasteiger partial charge in [0.05, 0.1) is 6.61 Å². The summed E-state index contributed by atoms with van der Waals surface area (Å²) in [5, 5.41) is 2.82. The predicted molar refractivity (Wildman–Crippen MR) is 92.2 cm³/mol. The number of amides is 1. The van der Waals surface area contributed by atoms with Crippen LogP contribution in [0.4, 0.5) is 5.69 Å². The molecule has 0 radical (unpaired) electrons. The van der Waals surface area contributed by atoms with Crippen molar-refractivity contribution < 1.29 is 13.9 Å². The summed E-state index contributed by atoms with van der Waals surface area (Å²) in [5.41, 5.74) is 1.79. The summed E-state index contributed by atoms with van der Waals surface area (Å²) >= 11 is 0. The fraction of sp³-hybridized carbons (Fsp3) is 0.158. The minimum atomic E-state index is -0.303. The second-order valence-electron chi connectivity index (χ2n) is 5.20. The van der Waals surface area contributed by atoms with Gasteiger partial charge in [0, 0.05) is 11.3 Å². The van der Waals surface area contributed by atoms with Crippen LogP contribution in [0.5, 0.6) is 5.75 Å². The zero-order valence-corrected chi connectivity index (χ0v) is 13.6. The highest BCUT2D eigenvalue weighted by molar-refractivity contribution is 6.03. The number of carbonyl (C=O) groups excluding carboxylic acids is 1. The third kappa shape index (κ3) is 3.46. The third-order valence-corrected chi connectivity index (χ3v) is 3.46. The van der Waals surface area contributed by atoms with E-state index >= 15 is 0 Å². The van der Waals surface area contributed by atoms with E-state index in [-0.39, 0.29) is 11.6 Å². The van der Waals surface area contributed by atoms with Crippen LogP contribution in [-0.4, -0.2) is 17.5 Å². The van der Waals surface area contributed by atoms with Crippen LogP contribution in [0.2, 0.25) is 0 Å². The first-order valence-corrected chi connectivity index (χ1v) is 7.74. The lowest BCUT2D eigenvalue weighted by molar-refractivity contribution is 0.102. The van der Waals surface area contributed by atoms with Crippen molar-refractivity contribution in [1.82, 2.24) is 4.98 Å². The number of carbonyl (C=O) groups is 1. The maximum Gasteiger partial charge on any atom is 0.277 e. The molecule has 122 valence electrons. The number of nitrogens with one attached hydrogen (secondary N) is 1. The smallest absolute Gasteiger partial charge is 0.277 e. The lowest BCUT2D eigenvalue weighted by Gasteiger charge is -2.06. The van der Waals surface area contributed by atoms with Crippen molar-refractivity contribution in [3.63, 3.8) is 0 Å². The Morgan fingerprint density at radius 2 is 1.83 bits per heavy atom. The highest BCUT2D eigenvalue weighted by Gasteiger charge is 2.18. The minimum Gasteiger partial charge on any atom is -0.494 e. The van der Waals surface area contributed by atoms with E-state index in [1.807, 2.05) is 49.4 Å². The summed E-state index contributed by atoms with van der Waals surface area (Å²) in [7, 11) is 0. The molecule has 2 aromatic carbocycles. The number of rotatable bonds is 5. The van der Waals surface area contributed by atoms with Gasteiger partial charge in [-0.1, -0.05) is 18.2 Å². The molecule has 0 fully saturated rings. The fourth-order valence-corrected chi connectivity index (χ4v) is 2.30. The van der Waals surface area contributed by atoms with Crippen molar-refractivity contribution >= 4 is 11.6 Å². The standard InChI is InChI=1S/C19H18N2O3/c1-3-23-16-11-9-15(10-12-16)20-18(22)17-13(2)24-19(21-17)14-7-5-4-6-8-14/h4-12H,3H2,1-2H3,(H,20,22). The van der Waals surface area contributed by atoms with Gasteiger partial charge in [-0.15, -0.1) is 0 Å². The van der Waals surface area contributed by atoms with Crippen LogP contribution in [-0.2, 0) is 0 Å². The fourth-order valence-electron chi connectivity index (χ4n) is 2.30. The first kappa shape index (κ1) is 15.8. The molecule has 0 saturated carbocycles. The van der Waals surface area contributed by atoms with Gasteiger partial charge in [-0.3, -0.25) is 4.79 Å². The number of oxazole rings is 1. The van der Waals surface area contributed by atoms with Gasteiger partial charge in [-0.2, -0.15) is 0 Å². The molecule has 0 atom stereocenters. The van der Waals surface area contributed by atoms with Gasteiger partial charge in [0.1, 0.15) is 11.5 Å². The lowest BCUT2D eigenvalue weighted by atomic mass is 10.2. The zero-order chi connectivity index (χ0) is 16.9. The molecule has 0 aliphatic carbocycles. The Labute approximate surface area is 140 Å². The Morgan fingerprint density at radius 3 is 2.50 bits per heavy atom. The Kier molecular flexibility index (Phi) is 4.61. The van der Waals surface area contributed by atoms with Gasteiger partial charge in [0.15, 0.2) is 5.69 Å². The summed E-state index contributed by atoms with van der Waals surface area (Å²) in [6.45, 7) is 4.26. The molecule has 0 aliphatic rings. The first-order chi connectivity index (χ1) is 11.7. The molecule has 0 saturated heterocycles. The molecule has 1 amide bonds. The van der Waals surface area contributed by atoms with E-state index < -0.39 is 0 Å². The van der Waals surface area contributed by atoms with Gasteiger partial charge < -0.3 is 14.5 Å². The van der Waals surface area contributed by atoms with Crippen LogP contribution in [0.3, 0.4) is 0 Å². The number of hydrogen-bond donors (Lipinski definition) is 1. The molecule has 1 aromatic heterocycles. The van der Waals surface area contributed by atoms with E-state index in [0.29, 0.717) is 23.9 Å². The van der Waals surface area contributed by atoms with Gasteiger partial charge in [0.25, 0.3) is 5.91 Å². The van der Waals surface area contributed by atoms with Crippen LogP contribution in [0, 0.1) is 6.92 Å². The van der Waals surface area contributed by atoms with E-state index in [1.165, 1.54) is 0 Å². The largest absolute Gasteiger partial charge is 0.494 e. The SMILES string of the molecule is CCOc1ccc(NC(=O)c2nc(-c3ccccc3)oc2C)cc1. The van der Waals surface area contributed by atoms with Crippen LogP contribution in [0.25, 0.3) is 11.5 Å². The highest BCUT2D eigenvalue weighted by Crippen LogP contribution is 2.22. The van der Waals surface area contributed by atoms with E-state index in [9.17, 15) is 4.79 Å². The van der Waals surface area contributed by atoms with Crippen molar-refractivity contribution in [2.24, 2.45) is 0 Å². The number of benzene rings is 2. The van der Waals surface area contributed by atoms with Crippen molar-refractivity contribution in [2.75, 3.05) is 11.9 Å². The van der Waals surface area contributed by atoms with E-state index in [4.69, 9.17) is 9.15 Å². The molecule has 5 heteroatoms. The Bertz CT molecular complexity index is 824. The Balaban J connectivity index is 1.76. The third-order valence-electron chi connectivity index (χ3n) is 3.46. The van der Waals surface area contributed by atoms with E-state index in [0.717, 1.165) is 11.3 Å². The average Bonchev–Trinajstić information content (AvgIpc) is 3.00. The molecule has 3 aromatic rings. The number of nitrogens with zero attached hydrogens (tertiary/aromatic N) is 1. The summed E-state index contributed by atoms with van der Waals surface area (Å²) in [6.07, 6.45) is 0. The number of anilines is 1. The molecule has 0 bridgehead atoms. The Hall–Kier alpha value is -3.08. The molecule has 3 rings (SSSR count). The average molecular weight is 322 g/mol. The number of aromatic nitrogens is 1. The van der Waals surface area contributed by atoms with Crippen LogP contribution < -0.4 is 10.1 Å². The molecule has 24 heavy (non-hydrogen) atoms. The van der Waals surface area contributed by atoms with Crippen LogP contribution in [0.15, 0.2) is 59.0 Å². The molecule has 5 nitrogen and oxygen atoms in total. The summed E-state index contributed by atoms with van der Waals surface area (Å²) in [6, 6.07) is 16.7. The van der Waals surface area contributed by atoms with Gasteiger partial charge in [-0.25, -0.2) is 4.98 Å². The van der Waals surface area contributed by atoms with E-state index in [2.05, 4.69) is 10.3 Å². The summed E-state index contributed by atoms with van der Waals surface area (Å²) < 4.78 is 11.0. The van der Waals surface area contributed by atoms with Crippen LogP contribution >= 0.6 is 0 Å². The minimum absolute atomic E-state index is 0.280.